The topological polar surface area (TPSA) is 26.3 Å². The van der Waals surface area contributed by atoms with Crippen molar-refractivity contribution in [2.45, 2.75) is 20.3 Å². The summed E-state index contributed by atoms with van der Waals surface area (Å²) in [4.78, 5) is 11.5. The lowest BCUT2D eigenvalue weighted by molar-refractivity contribution is -0.146. The van der Waals surface area contributed by atoms with Crippen molar-refractivity contribution in [1.29, 1.82) is 0 Å². The summed E-state index contributed by atoms with van der Waals surface area (Å²) < 4.78 is 17.5. The van der Waals surface area contributed by atoms with Gasteiger partial charge >= 0.3 is 5.97 Å². The summed E-state index contributed by atoms with van der Waals surface area (Å²) in [6, 6.07) is 6.22. The molecule has 1 aromatic carbocycles. The molecule has 0 N–H and O–H groups in total. The van der Waals surface area contributed by atoms with E-state index in [1.165, 1.54) is 19.2 Å². The Morgan fingerprint density at radius 2 is 1.88 bits per heavy atom. The summed E-state index contributed by atoms with van der Waals surface area (Å²) >= 11 is 0. The zero-order chi connectivity index (χ0) is 12.1. The van der Waals surface area contributed by atoms with Crippen LogP contribution in [0.1, 0.15) is 19.4 Å². The Balaban J connectivity index is 2.75. The zero-order valence-electron chi connectivity index (χ0n) is 9.87. The molecule has 0 fully saturated rings. The van der Waals surface area contributed by atoms with E-state index in [0.717, 1.165) is 5.56 Å². The second kappa shape index (κ2) is 5.64. The second-order valence-electron chi connectivity index (χ2n) is 4.20. The van der Waals surface area contributed by atoms with Crippen LogP contribution in [0.3, 0.4) is 0 Å². The number of carbonyl (C=O) groups excluding carboxylic acids is 1. The first-order chi connectivity index (χ1) is 7.54. The summed E-state index contributed by atoms with van der Waals surface area (Å²) in [5.74, 6) is -0.435. The standard InChI is InChI=1S/C13H17FO2/c1-9(2)12(13(15)16-3)8-10-4-6-11(14)7-5-10/h4-7,9,12H,8H2,1-3H3. The lowest BCUT2D eigenvalue weighted by atomic mass is 9.89. The number of halogens is 1. The van der Waals surface area contributed by atoms with Gasteiger partial charge in [-0.1, -0.05) is 26.0 Å². The quantitative estimate of drug-likeness (QED) is 0.735. The van der Waals surface area contributed by atoms with Gasteiger partial charge in [0.1, 0.15) is 5.82 Å². The van der Waals surface area contributed by atoms with Crippen LogP contribution >= 0.6 is 0 Å². The largest absolute Gasteiger partial charge is 0.469 e. The molecule has 1 atom stereocenters. The highest BCUT2D eigenvalue weighted by atomic mass is 19.1. The smallest absolute Gasteiger partial charge is 0.309 e. The number of hydrogen-bond donors (Lipinski definition) is 0. The molecule has 0 aliphatic carbocycles. The average molecular weight is 224 g/mol. The van der Waals surface area contributed by atoms with E-state index in [4.69, 9.17) is 4.74 Å². The van der Waals surface area contributed by atoms with Gasteiger partial charge in [-0.3, -0.25) is 4.79 Å². The lowest BCUT2D eigenvalue weighted by Crippen LogP contribution is -2.23. The Kier molecular flexibility index (Phi) is 4.47. The maximum absolute atomic E-state index is 12.7. The number of esters is 1. The monoisotopic (exact) mass is 224 g/mol. The number of rotatable bonds is 4. The molecule has 1 unspecified atom stereocenters. The van der Waals surface area contributed by atoms with Crippen LogP contribution in [0, 0.1) is 17.7 Å². The van der Waals surface area contributed by atoms with Crippen molar-refractivity contribution in [2.75, 3.05) is 7.11 Å². The molecule has 0 saturated heterocycles. The van der Waals surface area contributed by atoms with Crippen LogP contribution in [0.15, 0.2) is 24.3 Å². The highest BCUT2D eigenvalue weighted by Gasteiger charge is 2.23. The van der Waals surface area contributed by atoms with Crippen LogP contribution in [0.5, 0.6) is 0 Å². The van der Waals surface area contributed by atoms with Crippen LogP contribution in [-0.2, 0) is 16.0 Å². The van der Waals surface area contributed by atoms with Crippen molar-refractivity contribution in [2.24, 2.45) is 11.8 Å². The van der Waals surface area contributed by atoms with E-state index < -0.39 is 0 Å². The summed E-state index contributed by atoms with van der Waals surface area (Å²) in [5.41, 5.74) is 0.950. The number of methoxy groups -OCH3 is 1. The van der Waals surface area contributed by atoms with Gasteiger partial charge in [0.2, 0.25) is 0 Å². The fourth-order valence-electron chi connectivity index (χ4n) is 1.62. The van der Waals surface area contributed by atoms with E-state index in [0.29, 0.717) is 6.42 Å². The molecule has 16 heavy (non-hydrogen) atoms. The van der Waals surface area contributed by atoms with Gasteiger partial charge < -0.3 is 4.74 Å². The minimum Gasteiger partial charge on any atom is -0.469 e. The first-order valence-electron chi connectivity index (χ1n) is 5.37. The second-order valence-corrected chi connectivity index (χ2v) is 4.20. The highest BCUT2D eigenvalue weighted by Crippen LogP contribution is 2.19. The molecular weight excluding hydrogens is 207 g/mol. The van der Waals surface area contributed by atoms with Crippen molar-refractivity contribution in [3.05, 3.63) is 35.6 Å². The van der Waals surface area contributed by atoms with Gasteiger partial charge in [-0.05, 0) is 30.0 Å². The Bertz CT molecular complexity index is 343. The molecule has 88 valence electrons. The van der Waals surface area contributed by atoms with Gasteiger partial charge in [0, 0.05) is 0 Å². The van der Waals surface area contributed by atoms with Crippen LogP contribution in [0.4, 0.5) is 4.39 Å². The third kappa shape index (κ3) is 3.33. The van der Waals surface area contributed by atoms with Crippen molar-refractivity contribution in [3.8, 4) is 0 Å². The molecule has 0 amide bonds. The molecule has 0 spiro atoms. The Morgan fingerprint density at radius 3 is 2.31 bits per heavy atom. The van der Waals surface area contributed by atoms with E-state index >= 15 is 0 Å². The molecule has 0 aliphatic heterocycles. The summed E-state index contributed by atoms with van der Waals surface area (Å²) in [5, 5.41) is 0. The first-order valence-corrected chi connectivity index (χ1v) is 5.37. The number of hydrogen-bond acceptors (Lipinski definition) is 2. The molecule has 3 heteroatoms. The normalized spacial score (nSPS) is 12.6. The number of ether oxygens (including phenoxy) is 1. The van der Waals surface area contributed by atoms with Gasteiger partial charge in [-0.15, -0.1) is 0 Å². The van der Waals surface area contributed by atoms with Crippen molar-refractivity contribution in [1.82, 2.24) is 0 Å². The SMILES string of the molecule is COC(=O)C(Cc1ccc(F)cc1)C(C)C. The molecule has 0 bridgehead atoms. The summed E-state index contributed by atoms with van der Waals surface area (Å²) in [7, 11) is 1.39. The minimum atomic E-state index is -0.261. The van der Waals surface area contributed by atoms with Crippen LogP contribution in [0.2, 0.25) is 0 Å². The molecule has 0 heterocycles. The number of benzene rings is 1. The predicted molar refractivity (Wildman–Crippen MR) is 60.4 cm³/mol. The molecule has 2 nitrogen and oxygen atoms in total. The van der Waals surface area contributed by atoms with Gasteiger partial charge in [0.15, 0.2) is 0 Å². The Morgan fingerprint density at radius 1 is 1.31 bits per heavy atom. The molecule has 0 aromatic heterocycles. The third-order valence-electron chi connectivity index (χ3n) is 2.68. The van der Waals surface area contributed by atoms with E-state index in [2.05, 4.69) is 0 Å². The molecule has 1 rings (SSSR count). The van der Waals surface area contributed by atoms with Gasteiger partial charge in [0.05, 0.1) is 13.0 Å². The average Bonchev–Trinajstić information content (AvgIpc) is 2.27. The van der Waals surface area contributed by atoms with E-state index in [1.807, 2.05) is 13.8 Å². The fourth-order valence-corrected chi connectivity index (χ4v) is 1.62. The van der Waals surface area contributed by atoms with Crippen molar-refractivity contribution < 1.29 is 13.9 Å². The van der Waals surface area contributed by atoms with Crippen LogP contribution in [-0.4, -0.2) is 13.1 Å². The first kappa shape index (κ1) is 12.7. The van der Waals surface area contributed by atoms with E-state index in [1.54, 1.807) is 12.1 Å². The minimum absolute atomic E-state index is 0.171. The fraction of sp³-hybridized carbons (Fsp3) is 0.462. The van der Waals surface area contributed by atoms with E-state index in [9.17, 15) is 9.18 Å². The Labute approximate surface area is 95.4 Å². The van der Waals surface area contributed by atoms with Gasteiger partial charge in [-0.2, -0.15) is 0 Å². The van der Waals surface area contributed by atoms with Gasteiger partial charge in [0.25, 0.3) is 0 Å². The van der Waals surface area contributed by atoms with Crippen molar-refractivity contribution >= 4 is 5.97 Å². The number of carbonyl (C=O) groups is 1. The molecule has 1 aromatic rings. The molecular formula is C13H17FO2. The molecule has 0 radical (unpaired) electrons. The summed E-state index contributed by atoms with van der Waals surface area (Å²) in [6.45, 7) is 3.95. The van der Waals surface area contributed by atoms with Crippen LogP contribution < -0.4 is 0 Å². The maximum atomic E-state index is 12.7. The summed E-state index contributed by atoms with van der Waals surface area (Å²) in [6.07, 6.45) is 0.588. The van der Waals surface area contributed by atoms with Crippen LogP contribution in [0.25, 0.3) is 0 Å². The van der Waals surface area contributed by atoms with Crippen molar-refractivity contribution in [3.63, 3.8) is 0 Å². The van der Waals surface area contributed by atoms with Gasteiger partial charge in [-0.25, -0.2) is 4.39 Å². The van der Waals surface area contributed by atoms with E-state index in [-0.39, 0.29) is 23.6 Å². The zero-order valence-corrected chi connectivity index (χ0v) is 9.87. The molecule has 0 saturated carbocycles. The predicted octanol–water partition coefficient (Wildman–Crippen LogP) is 2.81. The highest BCUT2D eigenvalue weighted by molar-refractivity contribution is 5.72. The third-order valence-corrected chi connectivity index (χ3v) is 2.68. The molecule has 0 aliphatic rings. The maximum Gasteiger partial charge on any atom is 0.309 e. The lowest BCUT2D eigenvalue weighted by Gasteiger charge is -2.18. The Hall–Kier alpha value is -1.38.